The van der Waals surface area contributed by atoms with Crippen molar-refractivity contribution in [2.75, 3.05) is 18.1 Å². The van der Waals surface area contributed by atoms with Gasteiger partial charge < -0.3 is 4.74 Å². The molecular weight excluding hydrogens is 344 g/mol. The van der Waals surface area contributed by atoms with Crippen LogP contribution in [0.5, 0.6) is 0 Å². The van der Waals surface area contributed by atoms with Gasteiger partial charge in [-0.05, 0) is 31.4 Å². The largest absolute Gasteiger partial charge is 0.376 e. The van der Waals surface area contributed by atoms with Crippen molar-refractivity contribution in [3.05, 3.63) is 22.7 Å². The molecule has 1 aliphatic rings. The number of ether oxygens (including phenoxy) is 1. The van der Waals surface area contributed by atoms with E-state index in [9.17, 15) is 4.79 Å². The van der Waals surface area contributed by atoms with Crippen LogP contribution < -0.4 is 4.90 Å². The minimum Gasteiger partial charge on any atom is -0.376 e. The summed E-state index contributed by atoms with van der Waals surface area (Å²) in [4.78, 5) is 19.5. The van der Waals surface area contributed by atoms with Gasteiger partial charge in [-0.3, -0.25) is 9.69 Å². The molecule has 0 radical (unpaired) electrons. The third-order valence-corrected chi connectivity index (χ3v) is 5.75. The zero-order chi connectivity index (χ0) is 17.5. The van der Waals surface area contributed by atoms with Crippen LogP contribution in [-0.4, -0.2) is 30.1 Å². The highest BCUT2D eigenvalue weighted by atomic mass is 35.5. The summed E-state index contributed by atoms with van der Waals surface area (Å²) in [5, 5.41) is 1.39. The number of anilines is 1. The lowest BCUT2D eigenvalue weighted by Gasteiger charge is -2.29. The van der Waals surface area contributed by atoms with Gasteiger partial charge in [-0.25, -0.2) is 4.98 Å². The summed E-state index contributed by atoms with van der Waals surface area (Å²) < 4.78 is 6.68. The van der Waals surface area contributed by atoms with Gasteiger partial charge in [0.05, 0.1) is 27.9 Å². The Bertz CT molecular complexity index is 721. The third-order valence-electron chi connectivity index (χ3n) is 4.21. The van der Waals surface area contributed by atoms with E-state index in [2.05, 4.69) is 0 Å². The number of fused-ring (bicyclic) bond motifs is 1. The lowest BCUT2D eigenvalue weighted by atomic mass is 9.94. The van der Waals surface area contributed by atoms with Crippen molar-refractivity contribution >= 4 is 44.2 Å². The molecule has 0 aliphatic carbocycles. The van der Waals surface area contributed by atoms with Crippen LogP contribution in [0, 0.1) is 12.3 Å². The van der Waals surface area contributed by atoms with Crippen molar-refractivity contribution in [1.29, 1.82) is 0 Å². The van der Waals surface area contributed by atoms with Gasteiger partial charge in [0.25, 0.3) is 0 Å². The fourth-order valence-corrected chi connectivity index (χ4v) is 4.18. The van der Waals surface area contributed by atoms with Crippen molar-refractivity contribution in [1.82, 2.24) is 4.98 Å². The van der Waals surface area contributed by atoms with Gasteiger partial charge in [0.1, 0.15) is 0 Å². The summed E-state index contributed by atoms with van der Waals surface area (Å²) >= 11 is 7.81. The maximum Gasteiger partial charge on any atom is 0.234 e. The van der Waals surface area contributed by atoms with Gasteiger partial charge in [0.15, 0.2) is 5.13 Å². The van der Waals surface area contributed by atoms with Crippen LogP contribution in [0.4, 0.5) is 5.13 Å². The minimum atomic E-state index is -0.477. The Morgan fingerprint density at radius 1 is 1.46 bits per heavy atom. The molecule has 4 nitrogen and oxygen atoms in total. The number of hydrogen-bond acceptors (Lipinski definition) is 4. The van der Waals surface area contributed by atoms with Gasteiger partial charge >= 0.3 is 0 Å². The highest BCUT2D eigenvalue weighted by Crippen LogP contribution is 2.37. The number of halogens is 1. The Morgan fingerprint density at radius 3 is 2.79 bits per heavy atom. The molecule has 2 aromatic rings. The second kappa shape index (κ2) is 6.62. The van der Waals surface area contributed by atoms with Gasteiger partial charge in [-0.1, -0.05) is 49.8 Å². The van der Waals surface area contributed by atoms with Gasteiger partial charge in [-0.15, -0.1) is 0 Å². The van der Waals surface area contributed by atoms with Crippen LogP contribution in [-0.2, 0) is 9.53 Å². The average Bonchev–Trinajstić information content (AvgIpc) is 3.16. The van der Waals surface area contributed by atoms with E-state index in [0.29, 0.717) is 16.7 Å². The molecule has 1 unspecified atom stereocenters. The van der Waals surface area contributed by atoms with Crippen LogP contribution in [0.2, 0.25) is 5.02 Å². The van der Waals surface area contributed by atoms with E-state index in [1.54, 1.807) is 4.90 Å². The Labute approximate surface area is 151 Å². The Hall–Kier alpha value is -1.17. The van der Waals surface area contributed by atoms with Crippen LogP contribution >= 0.6 is 22.9 Å². The summed E-state index contributed by atoms with van der Waals surface area (Å²) in [7, 11) is 0. The van der Waals surface area contributed by atoms with E-state index in [1.807, 2.05) is 39.8 Å². The Morgan fingerprint density at radius 2 is 2.21 bits per heavy atom. The highest BCUT2D eigenvalue weighted by Gasteiger charge is 2.33. The molecule has 1 aromatic heterocycles. The van der Waals surface area contributed by atoms with Crippen LogP contribution in [0.15, 0.2) is 12.1 Å². The molecular formula is C18H23ClN2O2S. The number of aryl methyl sites for hydroxylation is 1. The predicted molar refractivity (Wildman–Crippen MR) is 100 cm³/mol. The molecule has 1 aromatic carbocycles. The fraction of sp³-hybridized carbons (Fsp3) is 0.556. The fourth-order valence-electron chi connectivity index (χ4n) is 2.85. The number of carbonyl (C=O) groups excluding carboxylic acids is 1. The average molecular weight is 367 g/mol. The molecule has 1 saturated heterocycles. The summed E-state index contributed by atoms with van der Waals surface area (Å²) in [5.41, 5.74) is 1.47. The first-order valence-electron chi connectivity index (χ1n) is 8.26. The first-order chi connectivity index (χ1) is 11.3. The van der Waals surface area contributed by atoms with Gasteiger partial charge in [-0.2, -0.15) is 0 Å². The van der Waals surface area contributed by atoms with E-state index in [1.165, 1.54) is 11.3 Å². The summed E-state index contributed by atoms with van der Waals surface area (Å²) in [6.45, 7) is 9.13. The molecule has 0 N–H and O–H groups in total. The molecule has 130 valence electrons. The van der Waals surface area contributed by atoms with Crippen LogP contribution in [0.25, 0.3) is 10.2 Å². The molecule has 6 heteroatoms. The Balaban J connectivity index is 2.02. The monoisotopic (exact) mass is 366 g/mol. The molecule has 1 amide bonds. The maximum atomic E-state index is 13.0. The van der Waals surface area contributed by atoms with Gasteiger partial charge in [0.2, 0.25) is 5.91 Å². The predicted octanol–water partition coefficient (Wildman–Crippen LogP) is 4.82. The first kappa shape index (κ1) is 17.6. The standard InChI is InChI=1S/C18H23ClN2O2S/c1-11-7-8-13(19)15-14(11)20-17(24-15)21(16(22)18(2,3)4)10-12-6-5-9-23-12/h7-8,12H,5-6,9-10H2,1-4H3. The second-order valence-corrected chi connectivity index (χ2v) is 8.72. The molecule has 1 aliphatic heterocycles. The third kappa shape index (κ3) is 3.44. The number of amides is 1. The molecule has 0 spiro atoms. The van der Waals surface area contributed by atoms with E-state index < -0.39 is 5.41 Å². The lowest BCUT2D eigenvalue weighted by Crippen LogP contribution is -2.43. The highest BCUT2D eigenvalue weighted by molar-refractivity contribution is 7.23. The normalized spacial score (nSPS) is 18.3. The van der Waals surface area contributed by atoms with E-state index in [-0.39, 0.29) is 12.0 Å². The molecule has 24 heavy (non-hydrogen) atoms. The zero-order valence-electron chi connectivity index (χ0n) is 14.6. The minimum absolute atomic E-state index is 0.0610. The van der Waals surface area contributed by atoms with Crippen molar-refractivity contribution in [3.8, 4) is 0 Å². The van der Waals surface area contributed by atoms with Crippen molar-refractivity contribution < 1.29 is 9.53 Å². The Kier molecular flexibility index (Phi) is 4.87. The molecule has 3 rings (SSSR count). The zero-order valence-corrected chi connectivity index (χ0v) is 16.1. The molecule has 2 heterocycles. The summed E-state index contributed by atoms with van der Waals surface area (Å²) in [6.07, 6.45) is 2.12. The second-order valence-electron chi connectivity index (χ2n) is 7.34. The molecule has 1 fully saturated rings. The van der Waals surface area contributed by atoms with Crippen molar-refractivity contribution in [2.24, 2.45) is 5.41 Å². The van der Waals surface area contributed by atoms with E-state index >= 15 is 0 Å². The molecule has 0 saturated carbocycles. The number of thiazole rings is 1. The molecule has 0 bridgehead atoms. The summed E-state index contributed by atoms with van der Waals surface area (Å²) in [6, 6.07) is 3.85. The van der Waals surface area contributed by atoms with E-state index in [4.69, 9.17) is 21.3 Å². The number of rotatable bonds is 3. The number of nitrogens with zero attached hydrogens (tertiary/aromatic N) is 2. The van der Waals surface area contributed by atoms with Crippen molar-refractivity contribution in [2.45, 2.75) is 46.6 Å². The lowest BCUT2D eigenvalue weighted by molar-refractivity contribution is -0.126. The van der Waals surface area contributed by atoms with Gasteiger partial charge in [0, 0.05) is 12.0 Å². The van der Waals surface area contributed by atoms with Crippen molar-refractivity contribution in [3.63, 3.8) is 0 Å². The molecule has 1 atom stereocenters. The maximum absolute atomic E-state index is 13.0. The van der Waals surface area contributed by atoms with Crippen LogP contribution in [0.1, 0.15) is 39.2 Å². The number of aromatic nitrogens is 1. The number of carbonyl (C=O) groups is 1. The van der Waals surface area contributed by atoms with E-state index in [0.717, 1.165) is 35.2 Å². The quantitative estimate of drug-likeness (QED) is 0.782. The smallest absolute Gasteiger partial charge is 0.234 e. The number of hydrogen-bond donors (Lipinski definition) is 0. The number of benzene rings is 1. The SMILES string of the molecule is Cc1ccc(Cl)c2sc(N(CC3CCCO3)C(=O)C(C)(C)C)nc12. The first-order valence-corrected chi connectivity index (χ1v) is 9.46. The van der Waals surface area contributed by atoms with Crippen LogP contribution in [0.3, 0.4) is 0 Å². The topological polar surface area (TPSA) is 42.4 Å². The summed E-state index contributed by atoms with van der Waals surface area (Å²) in [5.74, 6) is 0.0610.